The van der Waals surface area contributed by atoms with Crippen LogP contribution in [-0.4, -0.2) is 30.8 Å². The van der Waals surface area contributed by atoms with Crippen molar-refractivity contribution in [2.24, 2.45) is 0 Å². The average Bonchev–Trinajstić information content (AvgIpc) is 2.41. The van der Waals surface area contributed by atoms with Crippen LogP contribution in [0.5, 0.6) is 0 Å². The van der Waals surface area contributed by atoms with Crippen molar-refractivity contribution >= 4 is 18.2 Å². The number of aldehydes is 1. The van der Waals surface area contributed by atoms with Crippen LogP contribution in [0.3, 0.4) is 0 Å². The Bertz CT molecular complexity index is 426. The molecule has 0 aromatic rings. The van der Waals surface area contributed by atoms with Crippen molar-refractivity contribution in [3.63, 3.8) is 0 Å². The van der Waals surface area contributed by atoms with Crippen molar-refractivity contribution in [3.8, 4) is 0 Å². The third-order valence-electron chi connectivity index (χ3n) is 3.04. The van der Waals surface area contributed by atoms with E-state index in [9.17, 15) is 24.6 Å². The molecule has 0 aromatic carbocycles. The molecule has 1 atom stereocenters. The lowest BCUT2D eigenvalue weighted by Crippen LogP contribution is -2.92. The van der Waals surface area contributed by atoms with Gasteiger partial charge in [-0.1, -0.05) is 11.6 Å². The molecule has 118 valence electrons. The lowest BCUT2D eigenvalue weighted by atomic mass is 10.1. The quantitative estimate of drug-likeness (QED) is 0.271. The Balaban J connectivity index is 4.16. The van der Waals surface area contributed by atoms with E-state index in [0.717, 1.165) is 24.7 Å². The van der Waals surface area contributed by atoms with Gasteiger partial charge in [0.05, 0.1) is 12.5 Å². The maximum absolute atomic E-state index is 10.9. The van der Waals surface area contributed by atoms with E-state index in [1.165, 1.54) is 5.32 Å². The smallest absolute Gasteiger partial charge is 0.145 e. The zero-order valence-electron chi connectivity index (χ0n) is 12.5. The zero-order valence-corrected chi connectivity index (χ0v) is 12.5. The molecule has 0 fully saturated rings. The van der Waals surface area contributed by atoms with Gasteiger partial charge in [-0.3, -0.25) is 4.79 Å². The molecule has 0 saturated heterocycles. The van der Waals surface area contributed by atoms with Gasteiger partial charge in [0, 0.05) is 12.4 Å². The Morgan fingerprint density at radius 2 is 1.81 bits per heavy atom. The van der Waals surface area contributed by atoms with Gasteiger partial charge in [0.25, 0.3) is 0 Å². The minimum Gasteiger partial charge on any atom is -0.550 e. The van der Waals surface area contributed by atoms with Crippen molar-refractivity contribution in [2.75, 3.05) is 6.54 Å². The second-order valence-electron chi connectivity index (χ2n) is 4.96. The summed E-state index contributed by atoms with van der Waals surface area (Å²) in [6.07, 6.45) is 5.76. The first-order valence-electron chi connectivity index (χ1n) is 6.88. The van der Waals surface area contributed by atoms with Crippen LogP contribution < -0.4 is 15.5 Å². The number of quaternary nitrogens is 1. The van der Waals surface area contributed by atoms with Gasteiger partial charge in [0.1, 0.15) is 12.3 Å². The number of rotatable bonds is 11. The summed E-state index contributed by atoms with van der Waals surface area (Å²) in [6, 6.07) is -0.885. The predicted octanol–water partition coefficient (Wildman–Crippen LogP) is -1.93. The first kappa shape index (κ1) is 19.1. The van der Waals surface area contributed by atoms with Crippen LogP contribution in [0, 0.1) is 0 Å². The van der Waals surface area contributed by atoms with Crippen LogP contribution in [0.25, 0.3) is 0 Å². The Labute approximate surface area is 124 Å². The molecule has 0 amide bonds. The van der Waals surface area contributed by atoms with E-state index in [1.54, 1.807) is 6.92 Å². The summed E-state index contributed by atoms with van der Waals surface area (Å²) >= 11 is 0. The number of nitrogens with two attached hydrogens (primary N) is 1. The Morgan fingerprint density at radius 1 is 1.14 bits per heavy atom. The number of carboxylic acids is 2. The van der Waals surface area contributed by atoms with E-state index in [-0.39, 0.29) is 12.8 Å². The van der Waals surface area contributed by atoms with Gasteiger partial charge in [0.15, 0.2) is 0 Å². The summed E-state index contributed by atoms with van der Waals surface area (Å²) in [5, 5.41) is 22.7. The van der Waals surface area contributed by atoms with Crippen molar-refractivity contribution in [3.05, 3.63) is 23.3 Å². The van der Waals surface area contributed by atoms with Crippen LogP contribution in [-0.2, 0) is 14.4 Å². The van der Waals surface area contributed by atoms with Gasteiger partial charge < -0.3 is 25.1 Å². The molecular formula is C15H22NO5-. The topological polar surface area (TPSA) is 114 Å². The van der Waals surface area contributed by atoms with Crippen molar-refractivity contribution < 1.29 is 29.9 Å². The summed E-state index contributed by atoms with van der Waals surface area (Å²) in [5.41, 5.74) is 1.77. The lowest BCUT2D eigenvalue weighted by Gasteiger charge is -2.16. The number of carbonyl (C=O) groups is 3. The fourth-order valence-electron chi connectivity index (χ4n) is 1.72. The number of allylic oxidation sites excluding steroid dienone is 3. The van der Waals surface area contributed by atoms with Gasteiger partial charge >= 0.3 is 0 Å². The second-order valence-corrected chi connectivity index (χ2v) is 4.96. The highest BCUT2D eigenvalue weighted by Crippen LogP contribution is 2.05. The largest absolute Gasteiger partial charge is 0.550 e. The zero-order chi connectivity index (χ0) is 16.3. The monoisotopic (exact) mass is 296 g/mol. The molecule has 0 rings (SSSR count). The van der Waals surface area contributed by atoms with E-state index in [2.05, 4.69) is 0 Å². The molecule has 6 nitrogen and oxygen atoms in total. The van der Waals surface area contributed by atoms with Crippen LogP contribution in [0.15, 0.2) is 23.3 Å². The second kappa shape index (κ2) is 10.8. The summed E-state index contributed by atoms with van der Waals surface area (Å²) in [5.74, 6) is -2.54. The summed E-state index contributed by atoms with van der Waals surface area (Å²) < 4.78 is 0. The van der Waals surface area contributed by atoms with Crippen LogP contribution in [0.1, 0.15) is 39.5 Å². The Kier molecular flexibility index (Phi) is 9.79. The molecule has 0 heterocycles. The molecule has 0 aliphatic heterocycles. The maximum atomic E-state index is 10.9. The van der Waals surface area contributed by atoms with E-state index >= 15 is 0 Å². The van der Waals surface area contributed by atoms with Gasteiger partial charge in [0.2, 0.25) is 0 Å². The number of aliphatic carboxylic acids is 2. The third-order valence-corrected chi connectivity index (χ3v) is 3.04. The molecule has 0 radical (unpaired) electrons. The number of hydrogen-bond acceptors (Lipinski definition) is 5. The SMILES string of the molecule is C/C(C=O)=C\CC/C(C)=C/C[NH2+][C@@H](CCC(=O)[O-])C(=O)[O-]. The minimum atomic E-state index is -1.27. The van der Waals surface area contributed by atoms with Gasteiger partial charge in [-0.2, -0.15) is 0 Å². The molecule has 0 aromatic heterocycles. The van der Waals surface area contributed by atoms with Crippen LogP contribution in [0.4, 0.5) is 0 Å². The Hall–Kier alpha value is -1.95. The summed E-state index contributed by atoms with van der Waals surface area (Å²) in [7, 11) is 0. The van der Waals surface area contributed by atoms with Gasteiger partial charge in [-0.05, 0) is 44.8 Å². The summed E-state index contributed by atoms with van der Waals surface area (Å²) in [4.78, 5) is 31.6. The lowest BCUT2D eigenvalue weighted by molar-refractivity contribution is -0.676. The van der Waals surface area contributed by atoms with Crippen LogP contribution in [0.2, 0.25) is 0 Å². The first-order valence-corrected chi connectivity index (χ1v) is 6.88. The molecule has 6 heteroatoms. The number of hydrogen-bond donors (Lipinski definition) is 1. The number of carboxylic acid groups (broad SMARTS) is 2. The molecule has 0 unspecified atom stereocenters. The molecule has 21 heavy (non-hydrogen) atoms. The molecule has 0 saturated carbocycles. The fourth-order valence-corrected chi connectivity index (χ4v) is 1.72. The average molecular weight is 296 g/mol. The number of carbonyl (C=O) groups excluding carboxylic acids is 3. The van der Waals surface area contributed by atoms with Gasteiger partial charge in [-0.25, -0.2) is 0 Å². The van der Waals surface area contributed by atoms with E-state index < -0.39 is 18.0 Å². The van der Waals surface area contributed by atoms with Crippen LogP contribution >= 0.6 is 0 Å². The maximum Gasteiger partial charge on any atom is 0.145 e. The normalized spacial score (nSPS) is 13.8. The predicted molar refractivity (Wildman–Crippen MR) is 72.6 cm³/mol. The molecule has 0 aliphatic carbocycles. The highest BCUT2D eigenvalue weighted by molar-refractivity contribution is 5.72. The van der Waals surface area contributed by atoms with Crippen molar-refractivity contribution in [2.45, 2.75) is 45.6 Å². The molecule has 0 aliphatic rings. The molecular weight excluding hydrogens is 274 g/mol. The highest BCUT2D eigenvalue weighted by atomic mass is 16.4. The van der Waals surface area contributed by atoms with E-state index in [1.807, 2.05) is 19.1 Å². The minimum absolute atomic E-state index is 0.0151. The molecule has 2 N–H and O–H groups in total. The summed E-state index contributed by atoms with van der Waals surface area (Å²) in [6.45, 7) is 4.10. The van der Waals surface area contributed by atoms with E-state index in [4.69, 9.17) is 0 Å². The molecule has 0 spiro atoms. The molecule has 0 bridgehead atoms. The van der Waals surface area contributed by atoms with E-state index in [0.29, 0.717) is 12.1 Å². The standard InChI is InChI=1S/C15H23NO5/c1-11(4-3-5-12(2)10-17)8-9-16-13(15(20)21)6-7-14(18)19/h5,8,10,13,16H,3-4,6-7,9H2,1-2H3,(H,18,19)(H,20,21)/p-1/b11-8+,12-5+/t13-/m0/s1. The van der Waals surface area contributed by atoms with Crippen molar-refractivity contribution in [1.29, 1.82) is 0 Å². The fraction of sp³-hybridized carbons (Fsp3) is 0.533. The van der Waals surface area contributed by atoms with Crippen molar-refractivity contribution in [1.82, 2.24) is 0 Å². The first-order chi connectivity index (χ1) is 9.86. The third kappa shape index (κ3) is 10.5. The van der Waals surface area contributed by atoms with Gasteiger partial charge in [-0.15, -0.1) is 0 Å². The Morgan fingerprint density at radius 3 is 2.33 bits per heavy atom. The highest BCUT2D eigenvalue weighted by Gasteiger charge is 2.11.